The molecule has 1 saturated heterocycles. The predicted octanol–water partition coefficient (Wildman–Crippen LogP) is 0.900. The molecule has 1 aliphatic heterocycles. The zero-order valence-corrected chi connectivity index (χ0v) is 8.41. The topological polar surface area (TPSA) is 69.6 Å². The van der Waals surface area contributed by atoms with Gasteiger partial charge in [0.1, 0.15) is 5.78 Å². The first-order valence-electron chi connectivity index (χ1n) is 4.87. The van der Waals surface area contributed by atoms with Gasteiger partial charge < -0.3 is 15.1 Å². The fraction of sp³-hybridized carbons (Fsp3) is 1.00. The zero-order valence-electron chi connectivity index (χ0n) is 7.52. The summed E-state index contributed by atoms with van der Waals surface area (Å²) in [5, 5.41) is 2.98. The van der Waals surface area contributed by atoms with Crippen LogP contribution in [0.2, 0.25) is 0 Å². The molecule has 0 radical (unpaired) electrons. The Labute approximate surface area is 77.9 Å². The highest BCUT2D eigenvalue weighted by molar-refractivity contribution is 7.52. The Morgan fingerprint density at radius 1 is 1.23 bits per heavy atom. The number of hydrogen-bond acceptors (Lipinski definition) is 2. The third-order valence-electron chi connectivity index (χ3n) is 3.32. The predicted molar refractivity (Wildman–Crippen MR) is 49.3 cm³/mol. The van der Waals surface area contributed by atoms with Gasteiger partial charge in [-0.05, 0) is 31.2 Å². The van der Waals surface area contributed by atoms with Crippen LogP contribution in [0.5, 0.6) is 0 Å². The number of nitrogens with one attached hydrogen (secondary N) is 1. The van der Waals surface area contributed by atoms with Gasteiger partial charge in [-0.3, -0.25) is 4.57 Å². The molecule has 2 fully saturated rings. The van der Waals surface area contributed by atoms with Gasteiger partial charge in [-0.1, -0.05) is 12.8 Å². The van der Waals surface area contributed by atoms with E-state index in [-0.39, 0.29) is 5.92 Å². The maximum Gasteiger partial charge on any atom is 0.342 e. The molecule has 5 heteroatoms. The van der Waals surface area contributed by atoms with Crippen LogP contribution in [0.4, 0.5) is 0 Å². The van der Waals surface area contributed by atoms with Crippen molar-refractivity contribution in [2.45, 2.75) is 31.5 Å². The highest BCUT2D eigenvalue weighted by Gasteiger charge is 2.45. The third-order valence-corrected chi connectivity index (χ3v) is 4.62. The average Bonchev–Trinajstić information content (AvgIpc) is 2.45. The quantitative estimate of drug-likeness (QED) is 0.556. The first-order valence-corrected chi connectivity index (χ1v) is 6.56. The maximum absolute atomic E-state index is 11.1. The molecule has 4 nitrogen and oxygen atoms in total. The molecule has 1 saturated carbocycles. The summed E-state index contributed by atoms with van der Waals surface area (Å²) in [5.74, 6) is 0.166. The molecule has 3 atom stereocenters. The molecule has 0 unspecified atom stereocenters. The van der Waals surface area contributed by atoms with Crippen molar-refractivity contribution < 1.29 is 14.4 Å². The molecule has 1 aliphatic carbocycles. The van der Waals surface area contributed by atoms with Crippen LogP contribution in [-0.4, -0.2) is 22.1 Å². The second-order valence-corrected chi connectivity index (χ2v) is 5.89. The van der Waals surface area contributed by atoms with E-state index in [1.807, 2.05) is 0 Å². The molecule has 2 rings (SSSR count). The average molecular weight is 205 g/mol. The van der Waals surface area contributed by atoms with Crippen molar-refractivity contribution in [1.82, 2.24) is 5.32 Å². The first kappa shape index (κ1) is 9.66. The Morgan fingerprint density at radius 2 is 1.92 bits per heavy atom. The molecule has 0 bridgehead atoms. The van der Waals surface area contributed by atoms with Gasteiger partial charge in [0.05, 0.1) is 0 Å². The Hall–Kier alpha value is 0.110. The van der Waals surface area contributed by atoms with Crippen molar-refractivity contribution in [3.05, 3.63) is 0 Å². The van der Waals surface area contributed by atoms with Crippen LogP contribution >= 0.6 is 7.60 Å². The molecule has 0 aromatic carbocycles. The second kappa shape index (κ2) is 3.35. The van der Waals surface area contributed by atoms with Crippen molar-refractivity contribution in [3.8, 4) is 0 Å². The van der Waals surface area contributed by atoms with Crippen molar-refractivity contribution in [2.24, 2.45) is 11.8 Å². The van der Waals surface area contributed by atoms with Crippen molar-refractivity contribution in [2.75, 3.05) is 6.54 Å². The monoisotopic (exact) mass is 205 g/mol. The largest absolute Gasteiger partial charge is 0.342 e. The van der Waals surface area contributed by atoms with E-state index in [9.17, 15) is 4.57 Å². The molecule has 1 heterocycles. The lowest BCUT2D eigenvalue weighted by atomic mass is 9.82. The fourth-order valence-corrected chi connectivity index (χ4v) is 3.93. The van der Waals surface area contributed by atoms with Crippen LogP contribution in [0, 0.1) is 11.8 Å². The van der Waals surface area contributed by atoms with Crippen molar-refractivity contribution >= 4 is 7.60 Å². The molecule has 0 amide bonds. The van der Waals surface area contributed by atoms with Gasteiger partial charge >= 0.3 is 7.60 Å². The van der Waals surface area contributed by atoms with Gasteiger partial charge in [-0.2, -0.15) is 0 Å². The number of hydrogen-bond donors (Lipinski definition) is 3. The summed E-state index contributed by atoms with van der Waals surface area (Å²) in [4.78, 5) is 18.2. The van der Waals surface area contributed by atoms with Crippen LogP contribution in [0.1, 0.15) is 25.7 Å². The van der Waals surface area contributed by atoms with E-state index in [0.717, 1.165) is 25.8 Å². The minimum absolute atomic E-state index is 0.217. The lowest BCUT2D eigenvalue weighted by Crippen LogP contribution is -2.28. The van der Waals surface area contributed by atoms with Crippen molar-refractivity contribution in [3.63, 3.8) is 0 Å². The summed E-state index contributed by atoms with van der Waals surface area (Å²) in [6.45, 7) is 0.792. The molecule has 0 spiro atoms. The third kappa shape index (κ3) is 1.82. The zero-order chi connectivity index (χ0) is 9.47. The summed E-state index contributed by atoms with van der Waals surface area (Å²) >= 11 is 0. The molecular formula is C8H16NO3P. The van der Waals surface area contributed by atoms with Gasteiger partial charge in [-0.25, -0.2) is 0 Å². The fourth-order valence-electron chi connectivity index (χ4n) is 2.70. The van der Waals surface area contributed by atoms with Crippen LogP contribution in [-0.2, 0) is 4.57 Å². The SMILES string of the molecule is O=P(O)(O)[C@@H]1NC[C@H]2CCCC[C@H]21. The van der Waals surface area contributed by atoms with Crippen LogP contribution < -0.4 is 5.32 Å². The van der Waals surface area contributed by atoms with E-state index >= 15 is 0 Å². The van der Waals surface area contributed by atoms with Gasteiger partial charge in [0.25, 0.3) is 0 Å². The smallest absolute Gasteiger partial charge is 0.323 e. The van der Waals surface area contributed by atoms with E-state index in [0.29, 0.717) is 5.92 Å². The first-order chi connectivity index (χ1) is 6.09. The standard InChI is InChI=1S/C8H16NO3P/c10-13(11,12)8-7-4-2-1-3-6(7)5-9-8/h6-9H,1-5H2,(H2,10,11,12)/t6-,7-,8+/m1/s1. The number of rotatable bonds is 1. The minimum atomic E-state index is -3.91. The van der Waals surface area contributed by atoms with E-state index in [4.69, 9.17) is 9.79 Å². The molecule has 0 aromatic heterocycles. The Balaban J connectivity index is 2.11. The van der Waals surface area contributed by atoms with Crippen molar-refractivity contribution in [1.29, 1.82) is 0 Å². The Bertz CT molecular complexity index is 240. The Morgan fingerprint density at radius 3 is 2.62 bits per heavy atom. The van der Waals surface area contributed by atoms with E-state index in [2.05, 4.69) is 5.32 Å². The maximum atomic E-state index is 11.1. The van der Waals surface area contributed by atoms with Crippen LogP contribution in [0.15, 0.2) is 0 Å². The van der Waals surface area contributed by atoms with E-state index < -0.39 is 13.4 Å². The van der Waals surface area contributed by atoms with E-state index in [1.165, 1.54) is 6.42 Å². The van der Waals surface area contributed by atoms with Gasteiger partial charge in [0, 0.05) is 0 Å². The molecule has 76 valence electrons. The minimum Gasteiger partial charge on any atom is -0.323 e. The van der Waals surface area contributed by atoms with Crippen LogP contribution in [0.25, 0.3) is 0 Å². The lowest BCUT2D eigenvalue weighted by molar-refractivity contribution is 0.265. The van der Waals surface area contributed by atoms with E-state index in [1.54, 1.807) is 0 Å². The number of fused-ring (bicyclic) bond motifs is 1. The van der Waals surface area contributed by atoms with Gasteiger partial charge in [0.15, 0.2) is 0 Å². The molecule has 2 aliphatic rings. The second-order valence-electron chi connectivity index (χ2n) is 4.15. The summed E-state index contributed by atoms with van der Waals surface area (Å²) < 4.78 is 11.1. The highest BCUT2D eigenvalue weighted by atomic mass is 31.2. The summed E-state index contributed by atoms with van der Waals surface area (Å²) in [7, 11) is -3.91. The molecule has 13 heavy (non-hydrogen) atoms. The lowest BCUT2D eigenvalue weighted by Gasteiger charge is -2.28. The molecular weight excluding hydrogens is 189 g/mol. The molecule has 3 N–H and O–H groups in total. The molecule has 0 aromatic rings. The highest BCUT2D eigenvalue weighted by Crippen LogP contribution is 2.51. The van der Waals surface area contributed by atoms with Gasteiger partial charge in [0.2, 0.25) is 0 Å². The summed E-state index contributed by atoms with van der Waals surface area (Å²) in [5.41, 5.74) is 0. The van der Waals surface area contributed by atoms with Crippen LogP contribution in [0.3, 0.4) is 0 Å². The Kier molecular flexibility index (Phi) is 2.49. The summed E-state index contributed by atoms with van der Waals surface area (Å²) in [6, 6.07) is 0. The normalized spacial score (nSPS) is 40.3. The summed E-state index contributed by atoms with van der Waals surface area (Å²) in [6.07, 6.45) is 4.46. The van der Waals surface area contributed by atoms with Gasteiger partial charge in [-0.15, -0.1) is 0 Å².